The third-order valence-corrected chi connectivity index (χ3v) is 9.83. The van der Waals surface area contributed by atoms with Crippen LogP contribution in [0.5, 0.6) is 0 Å². The second-order valence-electron chi connectivity index (χ2n) is 10.8. The average Bonchev–Trinajstić information content (AvgIpc) is 2.99. The Labute approximate surface area is 241 Å². The zero-order valence-electron chi connectivity index (χ0n) is 21.1. The summed E-state index contributed by atoms with van der Waals surface area (Å²) < 4.78 is 1.70. The van der Waals surface area contributed by atoms with Crippen LogP contribution in [0.25, 0.3) is 0 Å². The highest BCUT2D eigenvalue weighted by molar-refractivity contribution is 9.10. The largest absolute Gasteiger partial charge is 0.437 e. The van der Waals surface area contributed by atoms with E-state index in [4.69, 9.17) is 16.6 Å². The minimum absolute atomic E-state index is 0.0763. The van der Waals surface area contributed by atoms with E-state index in [0.29, 0.717) is 49.0 Å². The van der Waals surface area contributed by atoms with Crippen molar-refractivity contribution in [1.29, 1.82) is 0 Å². The molecule has 198 valence electrons. The number of aryl methyl sites for hydroxylation is 2. The predicted octanol–water partition coefficient (Wildman–Crippen LogP) is 5.05. The number of halogens is 3. The van der Waals surface area contributed by atoms with Crippen LogP contribution in [0.4, 0.5) is 0 Å². The highest BCUT2D eigenvalue weighted by Gasteiger charge is 2.48. The number of nitrogens with zero attached hydrogens (tertiary/aromatic N) is 3. The molecule has 1 unspecified atom stereocenters. The van der Waals surface area contributed by atoms with Crippen molar-refractivity contribution < 1.29 is 14.9 Å². The third kappa shape index (κ3) is 5.55. The fraction of sp³-hybridized carbons (Fsp3) is 0.556. The van der Waals surface area contributed by atoms with Crippen molar-refractivity contribution in [2.24, 2.45) is 11.8 Å². The highest BCUT2D eigenvalue weighted by Crippen LogP contribution is 2.49. The van der Waals surface area contributed by atoms with Crippen LogP contribution >= 0.6 is 43.5 Å². The molecule has 2 N–H and O–H groups in total. The molecule has 2 aliphatic heterocycles. The Bertz CT molecular complexity index is 1170. The Morgan fingerprint density at radius 3 is 2.46 bits per heavy atom. The number of hydrogen-bond acceptors (Lipinski definition) is 5. The molecular weight excluding hydrogens is 620 g/mol. The number of likely N-dealkylation sites (tertiary alicyclic amines) is 1. The molecule has 3 heterocycles. The minimum atomic E-state index is -1.27. The smallest absolute Gasteiger partial charge is 0.376 e. The molecule has 1 atom stereocenters. The molecule has 2 fully saturated rings. The molecule has 2 aromatic rings. The summed E-state index contributed by atoms with van der Waals surface area (Å²) in [4.78, 5) is 22.0. The van der Waals surface area contributed by atoms with Gasteiger partial charge in [-0.1, -0.05) is 27.5 Å². The van der Waals surface area contributed by atoms with Crippen LogP contribution in [-0.4, -0.2) is 64.0 Å². The fourth-order valence-corrected chi connectivity index (χ4v) is 8.06. The number of fused-ring (bicyclic) bond motifs is 2. The monoisotopic (exact) mass is 651 g/mol. The molecule has 0 saturated carbocycles. The van der Waals surface area contributed by atoms with Gasteiger partial charge in [0.15, 0.2) is 0 Å². The lowest BCUT2D eigenvalue weighted by Gasteiger charge is -2.43. The zero-order chi connectivity index (χ0) is 26.3. The van der Waals surface area contributed by atoms with Gasteiger partial charge in [0.25, 0.3) is 0 Å². The van der Waals surface area contributed by atoms with E-state index in [1.807, 2.05) is 17.0 Å². The first-order chi connectivity index (χ1) is 17.7. The highest BCUT2D eigenvalue weighted by atomic mass is 79.9. The SMILES string of the molecule is CB(O)N1CCC(CC(=O)N2CCC(C3(O)c4ncc(Br)cc4CCc4cc(Cl)cc(Br)c43)CC2)CC1. The van der Waals surface area contributed by atoms with E-state index in [9.17, 15) is 14.9 Å². The molecule has 0 bridgehead atoms. The van der Waals surface area contributed by atoms with Gasteiger partial charge in [-0.05, 0) is 110 Å². The summed E-state index contributed by atoms with van der Waals surface area (Å²) in [6.07, 6.45) is 7.16. The molecule has 2 saturated heterocycles. The molecule has 0 radical (unpaired) electrons. The fourth-order valence-electron chi connectivity index (χ4n) is 6.50. The number of carbonyl (C=O) groups is 1. The van der Waals surface area contributed by atoms with Crippen molar-refractivity contribution in [3.8, 4) is 0 Å². The standard InChI is InChI=1S/C27H33BBr2ClN3O3/c1-28(37)34-10-4-17(5-11-34)12-24(35)33-8-6-20(7-9-33)27(36)25-18(14-22(31)15-23(25)30)2-3-19-13-21(29)16-32-26(19)27/h13-17,20,36-37H,2-12H2,1H3. The predicted molar refractivity (Wildman–Crippen MR) is 154 cm³/mol. The van der Waals surface area contributed by atoms with Gasteiger partial charge in [0.05, 0.1) is 5.69 Å². The van der Waals surface area contributed by atoms with Crippen molar-refractivity contribution in [1.82, 2.24) is 14.7 Å². The molecule has 1 aliphatic carbocycles. The number of amides is 1. The van der Waals surface area contributed by atoms with Crippen LogP contribution in [0.15, 0.2) is 33.3 Å². The first-order valence-corrected chi connectivity index (χ1v) is 15.2. The lowest BCUT2D eigenvalue weighted by Crippen LogP contribution is -2.48. The van der Waals surface area contributed by atoms with E-state index in [1.54, 1.807) is 13.0 Å². The molecular formula is C27H33BBr2ClN3O3. The summed E-state index contributed by atoms with van der Waals surface area (Å²) in [5.74, 6) is 0.499. The van der Waals surface area contributed by atoms with Crippen molar-refractivity contribution in [2.45, 2.75) is 57.4 Å². The van der Waals surface area contributed by atoms with Gasteiger partial charge in [-0.25, -0.2) is 0 Å². The minimum Gasteiger partial charge on any atom is -0.437 e. The summed E-state index contributed by atoms with van der Waals surface area (Å²) in [5, 5.41) is 23.1. The lowest BCUT2D eigenvalue weighted by molar-refractivity contribution is -0.135. The number of carbonyl (C=O) groups excluding carboxylic acids is 1. The van der Waals surface area contributed by atoms with E-state index in [1.165, 1.54) is 0 Å². The Morgan fingerprint density at radius 2 is 1.78 bits per heavy atom. The van der Waals surface area contributed by atoms with Crippen LogP contribution in [0.2, 0.25) is 11.8 Å². The molecule has 5 rings (SSSR count). The topological polar surface area (TPSA) is 76.9 Å². The Kier molecular flexibility index (Phi) is 8.40. The van der Waals surface area contributed by atoms with Gasteiger partial charge in [-0.3, -0.25) is 9.78 Å². The van der Waals surface area contributed by atoms with E-state index < -0.39 is 12.7 Å². The van der Waals surface area contributed by atoms with Crippen LogP contribution < -0.4 is 0 Å². The van der Waals surface area contributed by atoms with Crippen LogP contribution in [0, 0.1) is 11.8 Å². The summed E-state index contributed by atoms with van der Waals surface area (Å²) in [6, 6.07) is 5.89. The van der Waals surface area contributed by atoms with Gasteiger partial charge < -0.3 is 19.8 Å². The van der Waals surface area contributed by atoms with Gasteiger partial charge in [-0.15, -0.1) is 0 Å². The van der Waals surface area contributed by atoms with Gasteiger partial charge >= 0.3 is 7.05 Å². The van der Waals surface area contributed by atoms with Gasteiger partial charge in [0, 0.05) is 51.2 Å². The maximum Gasteiger partial charge on any atom is 0.376 e. The summed E-state index contributed by atoms with van der Waals surface area (Å²) in [6.45, 7) is 4.74. The number of piperidine rings is 2. The number of aromatic nitrogens is 1. The molecule has 6 nitrogen and oxygen atoms in total. The number of hydrogen-bond donors (Lipinski definition) is 2. The van der Waals surface area contributed by atoms with Crippen molar-refractivity contribution in [2.75, 3.05) is 26.2 Å². The first-order valence-electron chi connectivity index (χ1n) is 13.2. The first kappa shape index (κ1) is 27.6. The van der Waals surface area contributed by atoms with E-state index in [-0.39, 0.29) is 11.8 Å². The number of aliphatic hydroxyl groups is 1. The summed E-state index contributed by atoms with van der Waals surface area (Å²) in [7, 11) is -0.424. The molecule has 37 heavy (non-hydrogen) atoms. The molecule has 10 heteroatoms. The number of rotatable bonds is 4. The normalized spacial score (nSPS) is 23.4. The molecule has 1 aromatic carbocycles. The van der Waals surface area contributed by atoms with Crippen molar-refractivity contribution in [3.05, 3.63) is 60.7 Å². The zero-order valence-corrected chi connectivity index (χ0v) is 25.0. The second kappa shape index (κ2) is 11.3. The summed E-state index contributed by atoms with van der Waals surface area (Å²) in [5.41, 5.74) is 2.39. The van der Waals surface area contributed by atoms with Gasteiger partial charge in [0.1, 0.15) is 5.60 Å². The lowest BCUT2D eigenvalue weighted by atomic mass is 9.72. The van der Waals surface area contributed by atoms with E-state index in [2.05, 4.69) is 42.7 Å². The molecule has 0 spiro atoms. The molecule has 1 aromatic heterocycles. The van der Waals surface area contributed by atoms with Gasteiger partial charge in [-0.2, -0.15) is 0 Å². The third-order valence-electron chi connectivity index (χ3n) is 8.56. The van der Waals surface area contributed by atoms with Crippen LogP contribution in [0.3, 0.4) is 0 Å². The van der Waals surface area contributed by atoms with Crippen molar-refractivity contribution >= 4 is 56.4 Å². The molecule has 1 amide bonds. The molecule has 3 aliphatic rings. The number of pyridine rings is 1. The maximum absolute atomic E-state index is 13.2. The summed E-state index contributed by atoms with van der Waals surface area (Å²) >= 11 is 13.7. The Hall–Kier alpha value is -0.965. The van der Waals surface area contributed by atoms with Crippen LogP contribution in [0.1, 0.15) is 54.5 Å². The van der Waals surface area contributed by atoms with Crippen molar-refractivity contribution in [3.63, 3.8) is 0 Å². The van der Waals surface area contributed by atoms with E-state index >= 15 is 0 Å². The quantitative estimate of drug-likeness (QED) is 0.453. The van der Waals surface area contributed by atoms with E-state index in [0.717, 1.165) is 64.4 Å². The Balaban J connectivity index is 1.35. The number of benzene rings is 1. The average molecular weight is 654 g/mol. The van der Waals surface area contributed by atoms with Crippen LogP contribution in [-0.2, 0) is 23.2 Å². The maximum atomic E-state index is 13.2. The second-order valence-corrected chi connectivity index (χ2v) is 13.0. The Morgan fingerprint density at radius 1 is 1.11 bits per heavy atom. The van der Waals surface area contributed by atoms with Gasteiger partial charge in [0.2, 0.25) is 5.91 Å².